The highest BCUT2D eigenvalue weighted by atomic mass is 19.1. The molecule has 3 aliphatic rings. The van der Waals surface area contributed by atoms with Gasteiger partial charge in [-0.1, -0.05) is 12.5 Å². The van der Waals surface area contributed by atoms with Crippen LogP contribution in [0.3, 0.4) is 0 Å². The fraction of sp³-hybridized carbons (Fsp3) is 0.485. The maximum atomic E-state index is 14.4. The number of carbonyl (C=O) groups excluding carboxylic acids is 1. The van der Waals surface area contributed by atoms with Gasteiger partial charge in [-0.15, -0.1) is 0 Å². The molecule has 9 heteroatoms. The molecule has 2 aromatic heterocycles. The molecule has 1 unspecified atom stereocenters. The second-order valence-electron chi connectivity index (χ2n) is 12.3. The molecule has 4 aromatic rings. The Morgan fingerprint density at radius 1 is 1.02 bits per heavy atom. The van der Waals surface area contributed by atoms with Crippen molar-refractivity contribution in [1.82, 2.24) is 20.1 Å². The Hall–Kier alpha value is -3.43. The second-order valence-corrected chi connectivity index (χ2v) is 12.3. The zero-order valence-corrected chi connectivity index (χ0v) is 23.8. The molecule has 42 heavy (non-hydrogen) atoms. The number of rotatable bonds is 7. The number of amides is 1. The summed E-state index contributed by atoms with van der Waals surface area (Å²) in [6, 6.07) is 10.3. The van der Waals surface area contributed by atoms with Gasteiger partial charge in [-0.25, -0.2) is 8.78 Å². The van der Waals surface area contributed by atoms with Gasteiger partial charge in [-0.05, 0) is 75.7 Å². The number of aromatic nitrogens is 1. The number of piperidine rings is 3. The third kappa shape index (κ3) is 5.52. The van der Waals surface area contributed by atoms with Crippen LogP contribution in [0.2, 0.25) is 0 Å². The van der Waals surface area contributed by atoms with Crippen molar-refractivity contribution in [2.24, 2.45) is 5.92 Å². The van der Waals surface area contributed by atoms with E-state index in [0.29, 0.717) is 17.0 Å². The smallest absolute Gasteiger partial charge is 0.267 e. The summed E-state index contributed by atoms with van der Waals surface area (Å²) in [6.45, 7) is 5.83. The van der Waals surface area contributed by atoms with Crippen molar-refractivity contribution in [2.45, 2.75) is 63.6 Å². The first-order chi connectivity index (χ1) is 20.5. The summed E-state index contributed by atoms with van der Waals surface area (Å²) in [5, 5.41) is 4.21. The van der Waals surface area contributed by atoms with Gasteiger partial charge >= 0.3 is 0 Å². The molecule has 222 valence electrons. The van der Waals surface area contributed by atoms with E-state index in [9.17, 15) is 13.6 Å². The number of hydrogen-bond donors (Lipinski definition) is 2. The minimum Gasteiger partial charge on any atom is -0.488 e. The lowest BCUT2D eigenvalue weighted by molar-refractivity contribution is 0.0351. The largest absolute Gasteiger partial charge is 0.488 e. The van der Waals surface area contributed by atoms with E-state index in [1.54, 1.807) is 6.07 Å². The normalized spacial score (nSPS) is 22.4. The van der Waals surface area contributed by atoms with Crippen molar-refractivity contribution < 1.29 is 22.7 Å². The average Bonchev–Trinajstić information content (AvgIpc) is 3.62. The van der Waals surface area contributed by atoms with E-state index in [2.05, 4.69) is 20.1 Å². The Labute approximate surface area is 244 Å². The van der Waals surface area contributed by atoms with Crippen molar-refractivity contribution in [3.8, 4) is 5.75 Å². The van der Waals surface area contributed by atoms with Crippen LogP contribution in [0.5, 0.6) is 5.75 Å². The minimum absolute atomic E-state index is 0.0413. The third-order valence-corrected chi connectivity index (χ3v) is 9.56. The lowest BCUT2D eigenvalue weighted by Crippen LogP contribution is -2.52. The van der Waals surface area contributed by atoms with E-state index >= 15 is 0 Å². The van der Waals surface area contributed by atoms with Crippen molar-refractivity contribution in [2.75, 3.05) is 32.7 Å². The van der Waals surface area contributed by atoms with Gasteiger partial charge in [-0.2, -0.15) is 0 Å². The van der Waals surface area contributed by atoms with Gasteiger partial charge in [0.2, 0.25) is 0 Å². The van der Waals surface area contributed by atoms with Crippen molar-refractivity contribution in [3.05, 3.63) is 65.6 Å². The minimum atomic E-state index is -0.689. The number of halogens is 2. The molecule has 7 rings (SSSR count). The number of carbonyl (C=O) groups is 1. The Balaban J connectivity index is 0.957. The number of likely N-dealkylation sites (tertiary alicyclic amines) is 1. The van der Waals surface area contributed by atoms with Gasteiger partial charge in [0.15, 0.2) is 0 Å². The number of ether oxygens (including phenoxy) is 1. The number of aromatic amines is 1. The maximum Gasteiger partial charge on any atom is 0.267 e. The number of hydrogen-bond acceptors (Lipinski definition) is 5. The number of nitrogens with one attached hydrogen (secondary N) is 2. The Bertz CT molecular complexity index is 1570. The summed E-state index contributed by atoms with van der Waals surface area (Å²) < 4.78 is 39.3. The maximum absolute atomic E-state index is 14.4. The predicted molar refractivity (Wildman–Crippen MR) is 158 cm³/mol. The van der Waals surface area contributed by atoms with Crippen LogP contribution >= 0.6 is 0 Å². The Morgan fingerprint density at radius 2 is 1.88 bits per heavy atom. The van der Waals surface area contributed by atoms with Crippen LogP contribution < -0.4 is 10.1 Å². The highest BCUT2D eigenvalue weighted by Gasteiger charge is 2.34. The van der Waals surface area contributed by atoms with Crippen molar-refractivity contribution >= 4 is 27.8 Å². The van der Waals surface area contributed by atoms with Gasteiger partial charge in [0.25, 0.3) is 5.91 Å². The first-order valence-corrected chi connectivity index (χ1v) is 15.4. The molecule has 2 N–H and O–H groups in total. The van der Waals surface area contributed by atoms with Crippen LogP contribution in [-0.2, 0) is 6.61 Å². The highest BCUT2D eigenvalue weighted by Crippen LogP contribution is 2.33. The summed E-state index contributed by atoms with van der Waals surface area (Å²) >= 11 is 0. The van der Waals surface area contributed by atoms with Crippen LogP contribution in [-0.4, -0.2) is 65.5 Å². The summed E-state index contributed by atoms with van der Waals surface area (Å²) in [5.41, 5.74) is 1.89. The molecular weight excluding hydrogens is 538 g/mol. The van der Waals surface area contributed by atoms with Crippen LogP contribution in [0, 0.1) is 17.6 Å². The Morgan fingerprint density at radius 3 is 2.76 bits per heavy atom. The van der Waals surface area contributed by atoms with Crippen LogP contribution in [0.25, 0.3) is 21.9 Å². The number of fused-ring (bicyclic) bond motifs is 3. The average molecular weight is 577 g/mol. The molecule has 0 aliphatic carbocycles. The molecule has 3 saturated heterocycles. The lowest BCUT2D eigenvalue weighted by Gasteiger charge is -2.46. The van der Waals surface area contributed by atoms with Crippen molar-refractivity contribution in [1.29, 1.82) is 0 Å². The van der Waals surface area contributed by atoms with E-state index in [0.717, 1.165) is 60.9 Å². The second kappa shape index (κ2) is 11.7. The highest BCUT2D eigenvalue weighted by molar-refractivity contribution is 5.99. The molecule has 3 aliphatic heterocycles. The van der Waals surface area contributed by atoms with Gasteiger partial charge in [-0.3, -0.25) is 4.79 Å². The zero-order chi connectivity index (χ0) is 28.6. The molecule has 1 amide bonds. The van der Waals surface area contributed by atoms with Crippen LogP contribution in [0.1, 0.15) is 61.0 Å². The van der Waals surface area contributed by atoms with Gasteiger partial charge < -0.3 is 29.3 Å². The van der Waals surface area contributed by atoms with Crippen LogP contribution in [0.4, 0.5) is 8.78 Å². The molecule has 2 aromatic carbocycles. The van der Waals surface area contributed by atoms with Gasteiger partial charge in [0, 0.05) is 60.3 Å². The number of H-pyrrole nitrogens is 1. The Kier molecular flexibility index (Phi) is 7.63. The number of benzene rings is 2. The summed E-state index contributed by atoms with van der Waals surface area (Å²) in [4.78, 5) is 21.8. The SMILES string of the molecule is O=C(NC1CCN(C[C@@H]2CCCN3CCCCC23)CC1)c1cc2c(OCc3coc4cc(F)cc(F)c34)cccc2[nH]1. The first-order valence-electron chi connectivity index (χ1n) is 15.4. The molecule has 0 bridgehead atoms. The van der Waals surface area contributed by atoms with E-state index < -0.39 is 11.6 Å². The first kappa shape index (κ1) is 27.4. The van der Waals surface area contributed by atoms with E-state index in [1.807, 2.05) is 18.2 Å². The van der Waals surface area contributed by atoms with Gasteiger partial charge in [0.05, 0.1) is 11.6 Å². The molecule has 0 spiro atoms. The fourth-order valence-electron chi connectivity index (χ4n) is 7.43. The standard InChI is InChI=1S/C33H38F2N4O3/c34-23-15-26(35)32-22(20-42-31(32)16-23)19-41-30-8-3-6-27-25(30)17-28(37-27)33(40)36-24-9-13-38(14-10-24)18-21-5-4-12-39-11-2-1-7-29(21)39/h3,6,8,15-17,20-21,24,29,37H,1-2,4-5,7,9-14,18-19H2,(H,36,40)/t21-,29?/m0/s1. The lowest BCUT2D eigenvalue weighted by atomic mass is 9.83. The van der Waals surface area contributed by atoms with Gasteiger partial charge in [0.1, 0.15) is 35.3 Å². The quantitative estimate of drug-likeness (QED) is 0.273. The summed E-state index contributed by atoms with van der Waals surface area (Å²) in [7, 11) is 0. The molecule has 2 atom stereocenters. The number of nitrogens with zero attached hydrogens (tertiary/aromatic N) is 2. The summed E-state index contributed by atoms with van der Waals surface area (Å²) in [5.74, 6) is -0.155. The third-order valence-electron chi connectivity index (χ3n) is 9.56. The van der Waals surface area contributed by atoms with E-state index in [1.165, 1.54) is 58.0 Å². The fourth-order valence-corrected chi connectivity index (χ4v) is 7.43. The molecule has 0 saturated carbocycles. The number of furan rings is 1. The van der Waals surface area contributed by atoms with Crippen molar-refractivity contribution in [3.63, 3.8) is 0 Å². The van der Waals surface area contributed by atoms with E-state index in [4.69, 9.17) is 9.15 Å². The molecular formula is C33H38F2N4O3. The topological polar surface area (TPSA) is 73.7 Å². The molecule has 7 nitrogen and oxygen atoms in total. The van der Waals surface area contributed by atoms with E-state index in [-0.39, 0.29) is 29.5 Å². The predicted octanol–water partition coefficient (Wildman–Crippen LogP) is 6.23. The molecule has 3 fully saturated rings. The molecule has 5 heterocycles. The summed E-state index contributed by atoms with van der Waals surface area (Å²) in [6.07, 6.45) is 10.1. The molecule has 0 radical (unpaired) electrons. The van der Waals surface area contributed by atoms with Crippen LogP contribution in [0.15, 0.2) is 47.1 Å². The monoisotopic (exact) mass is 576 g/mol. The zero-order valence-electron chi connectivity index (χ0n) is 23.8.